The van der Waals surface area contributed by atoms with Crippen LogP contribution in [0.4, 0.5) is 10.1 Å². The molecule has 0 aliphatic carbocycles. The molecule has 156 valence electrons. The zero-order valence-electron chi connectivity index (χ0n) is 16.5. The molecule has 0 aliphatic rings. The molecule has 0 saturated heterocycles. The number of nitrogens with zero attached hydrogens (tertiary/aromatic N) is 1. The second-order valence-corrected chi connectivity index (χ2v) is 8.44. The molecule has 3 rings (SSSR count). The molecule has 1 N–H and O–H groups in total. The largest absolute Gasteiger partial charge is 0.497 e. The number of hydrogen-bond donors (Lipinski definition) is 1. The maximum Gasteiger partial charge on any atom is 0.264 e. The minimum absolute atomic E-state index is 0.0546. The summed E-state index contributed by atoms with van der Waals surface area (Å²) in [7, 11) is -0.825. The summed E-state index contributed by atoms with van der Waals surface area (Å²) < 4.78 is 45.5. The number of hydrogen-bond acceptors (Lipinski definition) is 4. The van der Waals surface area contributed by atoms with Crippen LogP contribution in [0.25, 0.3) is 0 Å². The molecule has 1 amide bonds. The predicted molar refractivity (Wildman–Crippen MR) is 113 cm³/mol. The van der Waals surface area contributed by atoms with Gasteiger partial charge in [-0.15, -0.1) is 0 Å². The first-order chi connectivity index (χ1) is 14.3. The van der Waals surface area contributed by atoms with Gasteiger partial charge < -0.3 is 10.1 Å². The number of amides is 1. The molecule has 0 aromatic heterocycles. The highest BCUT2D eigenvalue weighted by Crippen LogP contribution is 2.24. The average Bonchev–Trinajstić information content (AvgIpc) is 2.78. The number of benzene rings is 3. The Hall–Kier alpha value is -3.39. The molecule has 3 aromatic rings. The maximum atomic E-state index is 13.7. The number of anilines is 1. The van der Waals surface area contributed by atoms with Gasteiger partial charge in [0.05, 0.1) is 17.7 Å². The van der Waals surface area contributed by atoms with Crippen molar-refractivity contribution in [1.29, 1.82) is 0 Å². The normalized spacial score (nSPS) is 11.0. The lowest BCUT2D eigenvalue weighted by atomic mass is 10.1. The lowest BCUT2D eigenvalue weighted by Crippen LogP contribution is -2.27. The Balaban J connectivity index is 1.70. The quantitative estimate of drug-likeness (QED) is 0.624. The topological polar surface area (TPSA) is 75.7 Å². The first kappa shape index (κ1) is 21.3. The molecule has 0 atom stereocenters. The van der Waals surface area contributed by atoms with E-state index in [2.05, 4.69) is 5.32 Å². The van der Waals surface area contributed by atoms with Crippen LogP contribution in [-0.2, 0) is 16.6 Å². The molecule has 0 bridgehead atoms. The van der Waals surface area contributed by atoms with Crippen LogP contribution in [0.15, 0.2) is 77.7 Å². The number of methoxy groups -OCH3 is 1. The van der Waals surface area contributed by atoms with E-state index in [0.29, 0.717) is 22.6 Å². The molecule has 0 saturated carbocycles. The standard InChI is InChI=1S/C22H21FN2O4S/c1-25(30(27,28)20-13-11-19(29-2)12-14-20)18-9-7-16(8-10-18)22(26)24-15-17-5-3-4-6-21(17)23/h3-14H,15H2,1-2H3,(H,24,26). The van der Waals surface area contributed by atoms with Crippen molar-refractivity contribution >= 4 is 21.6 Å². The van der Waals surface area contributed by atoms with E-state index in [9.17, 15) is 17.6 Å². The molecule has 3 aromatic carbocycles. The van der Waals surface area contributed by atoms with Crippen LogP contribution in [0, 0.1) is 5.82 Å². The van der Waals surface area contributed by atoms with Crippen molar-refractivity contribution in [3.05, 3.63) is 89.7 Å². The number of nitrogens with one attached hydrogen (secondary N) is 1. The third-order valence-electron chi connectivity index (χ3n) is 4.61. The molecule has 0 heterocycles. The lowest BCUT2D eigenvalue weighted by Gasteiger charge is -2.20. The lowest BCUT2D eigenvalue weighted by molar-refractivity contribution is 0.0950. The first-order valence-corrected chi connectivity index (χ1v) is 10.5. The summed E-state index contributed by atoms with van der Waals surface area (Å²) in [5.74, 6) is -0.216. The number of ether oxygens (including phenoxy) is 1. The summed E-state index contributed by atoms with van der Waals surface area (Å²) in [5, 5.41) is 2.65. The minimum Gasteiger partial charge on any atom is -0.497 e. The molecule has 0 unspecified atom stereocenters. The van der Waals surface area contributed by atoms with Gasteiger partial charge in [-0.1, -0.05) is 18.2 Å². The molecule has 0 radical (unpaired) electrons. The van der Waals surface area contributed by atoms with Crippen molar-refractivity contribution in [3.63, 3.8) is 0 Å². The van der Waals surface area contributed by atoms with Crippen molar-refractivity contribution in [2.24, 2.45) is 0 Å². The Morgan fingerprint density at radius 2 is 1.63 bits per heavy atom. The van der Waals surface area contributed by atoms with Gasteiger partial charge in [-0.2, -0.15) is 0 Å². The van der Waals surface area contributed by atoms with E-state index in [1.54, 1.807) is 42.5 Å². The van der Waals surface area contributed by atoms with Crippen LogP contribution in [0.5, 0.6) is 5.75 Å². The second kappa shape index (κ2) is 8.96. The molecule has 8 heteroatoms. The van der Waals surface area contributed by atoms with Gasteiger partial charge in [0, 0.05) is 24.7 Å². The Morgan fingerprint density at radius 1 is 1.00 bits per heavy atom. The summed E-state index contributed by atoms with van der Waals surface area (Å²) in [6, 6.07) is 18.4. The van der Waals surface area contributed by atoms with Gasteiger partial charge in [0.1, 0.15) is 11.6 Å². The highest BCUT2D eigenvalue weighted by Gasteiger charge is 2.21. The number of rotatable bonds is 7. The zero-order chi connectivity index (χ0) is 21.7. The molecule has 0 aliphatic heterocycles. The third kappa shape index (κ3) is 4.60. The van der Waals surface area contributed by atoms with E-state index < -0.39 is 15.8 Å². The molecule has 6 nitrogen and oxygen atoms in total. The molecular weight excluding hydrogens is 407 g/mol. The highest BCUT2D eigenvalue weighted by molar-refractivity contribution is 7.92. The van der Waals surface area contributed by atoms with Crippen LogP contribution >= 0.6 is 0 Å². The van der Waals surface area contributed by atoms with Gasteiger partial charge in [-0.3, -0.25) is 9.10 Å². The summed E-state index contributed by atoms with van der Waals surface area (Å²) in [6.07, 6.45) is 0. The Bertz CT molecular complexity index is 1130. The van der Waals surface area contributed by atoms with E-state index in [1.165, 1.54) is 44.5 Å². The van der Waals surface area contributed by atoms with Crippen LogP contribution in [0.1, 0.15) is 15.9 Å². The second-order valence-electron chi connectivity index (χ2n) is 6.47. The summed E-state index contributed by atoms with van der Waals surface area (Å²) in [6.45, 7) is 0.0546. The Morgan fingerprint density at radius 3 is 2.23 bits per heavy atom. The number of sulfonamides is 1. The maximum absolute atomic E-state index is 13.7. The van der Waals surface area contributed by atoms with Crippen molar-refractivity contribution in [2.45, 2.75) is 11.4 Å². The molecular formula is C22H21FN2O4S. The smallest absolute Gasteiger partial charge is 0.264 e. The van der Waals surface area contributed by atoms with Gasteiger partial charge in [0.25, 0.3) is 15.9 Å². The van der Waals surface area contributed by atoms with Crippen molar-refractivity contribution < 1.29 is 22.3 Å². The number of halogens is 1. The van der Waals surface area contributed by atoms with E-state index >= 15 is 0 Å². The minimum atomic E-state index is -3.77. The predicted octanol–water partition coefficient (Wildman–Crippen LogP) is 3.59. The number of carbonyl (C=O) groups is 1. The van der Waals surface area contributed by atoms with E-state index in [4.69, 9.17) is 4.74 Å². The molecule has 0 fully saturated rings. The van der Waals surface area contributed by atoms with Crippen molar-refractivity contribution in [1.82, 2.24) is 5.32 Å². The van der Waals surface area contributed by atoms with Crippen molar-refractivity contribution in [2.75, 3.05) is 18.5 Å². The molecule has 0 spiro atoms. The Kier molecular flexibility index (Phi) is 6.37. The average molecular weight is 428 g/mol. The fourth-order valence-corrected chi connectivity index (χ4v) is 3.98. The van der Waals surface area contributed by atoms with E-state index in [0.717, 1.165) is 4.31 Å². The van der Waals surface area contributed by atoms with Crippen LogP contribution < -0.4 is 14.4 Å². The van der Waals surface area contributed by atoms with Crippen molar-refractivity contribution in [3.8, 4) is 5.75 Å². The van der Waals surface area contributed by atoms with Gasteiger partial charge in [0.2, 0.25) is 0 Å². The summed E-state index contributed by atoms with van der Waals surface area (Å²) >= 11 is 0. The van der Waals surface area contributed by atoms with Gasteiger partial charge in [-0.05, 0) is 54.6 Å². The van der Waals surface area contributed by atoms with Crippen LogP contribution in [0.2, 0.25) is 0 Å². The SMILES string of the molecule is COc1ccc(S(=O)(=O)N(C)c2ccc(C(=O)NCc3ccccc3F)cc2)cc1. The first-order valence-electron chi connectivity index (χ1n) is 9.07. The fraction of sp³-hybridized carbons (Fsp3) is 0.136. The van der Waals surface area contributed by atoms with Gasteiger partial charge in [-0.25, -0.2) is 12.8 Å². The van der Waals surface area contributed by atoms with Gasteiger partial charge >= 0.3 is 0 Å². The summed E-state index contributed by atoms with van der Waals surface area (Å²) in [5.41, 5.74) is 1.12. The summed E-state index contributed by atoms with van der Waals surface area (Å²) in [4.78, 5) is 12.4. The fourth-order valence-electron chi connectivity index (χ4n) is 2.79. The van der Waals surface area contributed by atoms with Crippen LogP contribution in [-0.4, -0.2) is 28.5 Å². The van der Waals surface area contributed by atoms with E-state index in [-0.39, 0.29) is 17.3 Å². The highest BCUT2D eigenvalue weighted by atomic mass is 32.2. The third-order valence-corrected chi connectivity index (χ3v) is 6.41. The monoisotopic (exact) mass is 428 g/mol. The van der Waals surface area contributed by atoms with Gasteiger partial charge in [0.15, 0.2) is 0 Å². The molecule has 30 heavy (non-hydrogen) atoms. The zero-order valence-corrected chi connectivity index (χ0v) is 17.3. The van der Waals surface area contributed by atoms with Crippen LogP contribution in [0.3, 0.4) is 0 Å². The Labute approximate surface area is 175 Å². The van der Waals surface area contributed by atoms with E-state index in [1.807, 2.05) is 0 Å². The number of carbonyl (C=O) groups excluding carboxylic acids is 1.